The number of halogens is 2. The molecule has 1 aromatic carbocycles. The Morgan fingerprint density at radius 3 is 2.56 bits per heavy atom. The monoisotopic (exact) mass is 254 g/mol. The molecule has 0 heterocycles. The van der Waals surface area contributed by atoms with Crippen LogP contribution in [-0.4, -0.2) is 25.3 Å². The van der Waals surface area contributed by atoms with Crippen molar-refractivity contribution in [1.29, 1.82) is 5.26 Å². The van der Waals surface area contributed by atoms with Crippen molar-refractivity contribution in [3.8, 4) is 6.07 Å². The van der Waals surface area contributed by atoms with E-state index < -0.39 is 11.6 Å². The number of aliphatic hydroxyl groups excluding tert-OH is 1. The van der Waals surface area contributed by atoms with Crippen LogP contribution in [0.2, 0.25) is 0 Å². The van der Waals surface area contributed by atoms with Gasteiger partial charge in [-0.25, -0.2) is 8.78 Å². The number of nitriles is 1. The molecule has 0 saturated heterocycles. The summed E-state index contributed by atoms with van der Waals surface area (Å²) >= 11 is 0. The maximum absolute atomic E-state index is 13.7. The van der Waals surface area contributed by atoms with E-state index in [9.17, 15) is 8.78 Å². The van der Waals surface area contributed by atoms with Crippen molar-refractivity contribution in [3.63, 3.8) is 0 Å². The minimum Gasteiger partial charge on any atom is -0.396 e. The zero-order valence-corrected chi connectivity index (χ0v) is 10.3. The van der Waals surface area contributed by atoms with E-state index in [1.54, 1.807) is 18.0 Å². The summed E-state index contributed by atoms with van der Waals surface area (Å²) in [7, 11) is 1.67. The fraction of sp³-hybridized carbons (Fsp3) is 0.462. The van der Waals surface area contributed by atoms with Gasteiger partial charge in [0.25, 0.3) is 0 Å². The van der Waals surface area contributed by atoms with Crippen LogP contribution >= 0.6 is 0 Å². The number of unbranched alkanes of at least 4 members (excludes halogenated alkanes) is 2. The number of anilines is 1. The second kappa shape index (κ2) is 6.92. The predicted molar refractivity (Wildman–Crippen MR) is 65.3 cm³/mol. The third-order valence-corrected chi connectivity index (χ3v) is 2.75. The van der Waals surface area contributed by atoms with Gasteiger partial charge in [-0.15, -0.1) is 0 Å². The normalized spacial score (nSPS) is 10.2. The number of hydrogen-bond donors (Lipinski definition) is 1. The van der Waals surface area contributed by atoms with Crippen LogP contribution in [-0.2, 0) is 0 Å². The van der Waals surface area contributed by atoms with Gasteiger partial charge in [-0.3, -0.25) is 0 Å². The molecule has 18 heavy (non-hydrogen) atoms. The SMILES string of the molecule is CN(CCCCCO)c1ccc(C#N)c(F)c1F. The van der Waals surface area contributed by atoms with Gasteiger partial charge in [-0.05, 0) is 31.4 Å². The molecule has 1 N–H and O–H groups in total. The van der Waals surface area contributed by atoms with Crippen LogP contribution in [0.3, 0.4) is 0 Å². The first-order chi connectivity index (χ1) is 8.61. The largest absolute Gasteiger partial charge is 0.396 e. The first-order valence-corrected chi connectivity index (χ1v) is 5.82. The number of benzene rings is 1. The quantitative estimate of drug-likeness (QED) is 0.793. The molecule has 1 rings (SSSR count). The van der Waals surface area contributed by atoms with E-state index in [0.717, 1.165) is 12.8 Å². The Labute approximate surface area is 105 Å². The summed E-state index contributed by atoms with van der Waals surface area (Å²) in [6, 6.07) is 4.28. The van der Waals surface area contributed by atoms with Gasteiger partial charge in [0.1, 0.15) is 6.07 Å². The molecule has 98 valence electrons. The van der Waals surface area contributed by atoms with E-state index in [-0.39, 0.29) is 17.9 Å². The number of rotatable bonds is 6. The van der Waals surface area contributed by atoms with Crippen molar-refractivity contribution in [2.45, 2.75) is 19.3 Å². The lowest BCUT2D eigenvalue weighted by atomic mass is 10.1. The molecule has 0 spiro atoms. The predicted octanol–water partition coefficient (Wildman–Crippen LogP) is 2.44. The van der Waals surface area contributed by atoms with Gasteiger partial charge >= 0.3 is 0 Å². The van der Waals surface area contributed by atoms with Gasteiger partial charge in [-0.2, -0.15) is 5.26 Å². The lowest BCUT2D eigenvalue weighted by molar-refractivity contribution is 0.283. The zero-order chi connectivity index (χ0) is 13.5. The van der Waals surface area contributed by atoms with Crippen LogP contribution in [0.1, 0.15) is 24.8 Å². The lowest BCUT2D eigenvalue weighted by Crippen LogP contribution is -2.20. The average molecular weight is 254 g/mol. The van der Waals surface area contributed by atoms with E-state index in [0.29, 0.717) is 13.0 Å². The van der Waals surface area contributed by atoms with Crippen LogP contribution in [0, 0.1) is 23.0 Å². The summed E-state index contributed by atoms with van der Waals surface area (Å²) in [6.45, 7) is 0.714. The molecule has 0 unspecified atom stereocenters. The highest BCUT2D eigenvalue weighted by Gasteiger charge is 2.15. The maximum atomic E-state index is 13.7. The summed E-state index contributed by atoms with van der Waals surface area (Å²) in [5, 5.41) is 17.2. The van der Waals surface area contributed by atoms with Gasteiger partial charge in [0, 0.05) is 20.2 Å². The van der Waals surface area contributed by atoms with Gasteiger partial charge < -0.3 is 10.0 Å². The Hall–Kier alpha value is -1.67. The van der Waals surface area contributed by atoms with E-state index in [1.165, 1.54) is 12.1 Å². The third kappa shape index (κ3) is 3.41. The minimum atomic E-state index is -1.10. The summed E-state index contributed by atoms with van der Waals surface area (Å²) in [4.78, 5) is 1.61. The Bertz CT molecular complexity index is 443. The Morgan fingerprint density at radius 2 is 1.94 bits per heavy atom. The molecule has 0 atom stereocenters. The molecule has 1 aromatic rings. The molecule has 0 aromatic heterocycles. The molecule has 0 amide bonds. The Kier molecular flexibility index (Phi) is 5.53. The van der Waals surface area contributed by atoms with Crippen molar-refractivity contribution < 1.29 is 13.9 Å². The number of hydrogen-bond acceptors (Lipinski definition) is 3. The zero-order valence-electron chi connectivity index (χ0n) is 10.3. The van der Waals surface area contributed by atoms with E-state index in [1.807, 2.05) is 0 Å². The summed E-state index contributed by atoms with van der Waals surface area (Å²) in [5.41, 5.74) is -0.138. The molecular formula is C13H16F2N2O. The molecule has 0 fully saturated rings. The fourth-order valence-electron chi connectivity index (χ4n) is 1.68. The first-order valence-electron chi connectivity index (χ1n) is 5.82. The summed E-state index contributed by atoms with van der Waals surface area (Å²) in [6.07, 6.45) is 2.33. The van der Waals surface area contributed by atoms with Crippen molar-refractivity contribution in [1.82, 2.24) is 0 Å². The van der Waals surface area contributed by atoms with Gasteiger partial charge in [0.15, 0.2) is 11.6 Å². The van der Waals surface area contributed by atoms with Crippen LogP contribution in [0.25, 0.3) is 0 Å². The highest BCUT2D eigenvalue weighted by atomic mass is 19.2. The molecule has 0 radical (unpaired) electrons. The summed E-state index contributed by atoms with van der Waals surface area (Å²) in [5.74, 6) is -2.09. The lowest BCUT2D eigenvalue weighted by Gasteiger charge is -2.20. The second-order valence-corrected chi connectivity index (χ2v) is 4.08. The van der Waals surface area contributed by atoms with Gasteiger partial charge in [-0.1, -0.05) is 0 Å². The second-order valence-electron chi connectivity index (χ2n) is 4.08. The Morgan fingerprint density at radius 1 is 1.22 bits per heavy atom. The first kappa shape index (κ1) is 14.4. The van der Waals surface area contributed by atoms with Crippen LogP contribution in [0.15, 0.2) is 12.1 Å². The van der Waals surface area contributed by atoms with Crippen LogP contribution in [0.5, 0.6) is 0 Å². The smallest absolute Gasteiger partial charge is 0.183 e. The molecule has 0 bridgehead atoms. The fourth-order valence-corrected chi connectivity index (χ4v) is 1.68. The summed E-state index contributed by atoms with van der Waals surface area (Å²) < 4.78 is 27.1. The van der Waals surface area contributed by atoms with Crippen molar-refractivity contribution in [2.24, 2.45) is 0 Å². The van der Waals surface area contributed by atoms with Crippen LogP contribution < -0.4 is 4.90 Å². The minimum absolute atomic E-state index is 0.142. The molecule has 0 aliphatic heterocycles. The van der Waals surface area contributed by atoms with Crippen molar-refractivity contribution in [3.05, 3.63) is 29.3 Å². The highest BCUT2D eigenvalue weighted by Crippen LogP contribution is 2.23. The van der Waals surface area contributed by atoms with Gasteiger partial charge in [0.05, 0.1) is 11.3 Å². The molecule has 0 aliphatic rings. The molecule has 3 nitrogen and oxygen atoms in total. The van der Waals surface area contributed by atoms with Gasteiger partial charge in [0.2, 0.25) is 0 Å². The maximum Gasteiger partial charge on any atom is 0.183 e. The van der Waals surface area contributed by atoms with E-state index in [2.05, 4.69) is 0 Å². The standard InChI is InChI=1S/C13H16F2N2O/c1-17(7-3-2-4-8-18)11-6-5-10(9-16)12(14)13(11)15/h5-6,18H,2-4,7-8H2,1H3. The highest BCUT2D eigenvalue weighted by molar-refractivity contribution is 5.51. The third-order valence-electron chi connectivity index (χ3n) is 2.75. The van der Waals surface area contributed by atoms with Crippen molar-refractivity contribution in [2.75, 3.05) is 25.1 Å². The Balaban J connectivity index is 2.72. The topological polar surface area (TPSA) is 47.3 Å². The molecule has 5 heteroatoms. The van der Waals surface area contributed by atoms with Crippen LogP contribution in [0.4, 0.5) is 14.5 Å². The number of nitrogens with zero attached hydrogens (tertiary/aromatic N) is 2. The number of aliphatic hydroxyl groups is 1. The average Bonchev–Trinajstić information content (AvgIpc) is 2.37. The van der Waals surface area contributed by atoms with Crippen molar-refractivity contribution >= 4 is 5.69 Å². The molecule has 0 saturated carbocycles. The van der Waals surface area contributed by atoms with E-state index >= 15 is 0 Å². The van der Waals surface area contributed by atoms with E-state index in [4.69, 9.17) is 10.4 Å². The molecule has 0 aliphatic carbocycles. The molecular weight excluding hydrogens is 238 g/mol.